The number of carbonyl (C=O) groups is 2. The topological polar surface area (TPSA) is 68.7 Å². The second-order valence-corrected chi connectivity index (χ2v) is 8.06. The molecule has 2 fully saturated rings. The molecule has 6 nitrogen and oxygen atoms in total. The molecular weight excluding hydrogens is 339 g/mol. The van der Waals surface area contributed by atoms with E-state index in [2.05, 4.69) is 4.98 Å². The third-order valence-electron chi connectivity index (χ3n) is 5.37. The number of hydrogen-bond acceptors (Lipinski definition) is 6. The number of carbonyl (C=O) groups excluding carboxylic acids is 2. The van der Waals surface area contributed by atoms with Gasteiger partial charge in [-0.3, -0.25) is 14.7 Å². The summed E-state index contributed by atoms with van der Waals surface area (Å²) in [6.45, 7) is 5.51. The molecule has 3 atom stereocenters. The number of ether oxygens (including phenoxy) is 2. The van der Waals surface area contributed by atoms with Gasteiger partial charge in [0.2, 0.25) is 0 Å². The number of rotatable bonds is 3. The van der Waals surface area contributed by atoms with E-state index in [1.807, 2.05) is 25.7 Å². The summed E-state index contributed by atoms with van der Waals surface area (Å²) in [6.07, 6.45) is 2.22. The van der Waals surface area contributed by atoms with Crippen molar-refractivity contribution in [3.8, 4) is 0 Å². The zero-order valence-corrected chi connectivity index (χ0v) is 15.2. The van der Waals surface area contributed by atoms with E-state index in [0.29, 0.717) is 24.1 Å². The van der Waals surface area contributed by atoms with Crippen LogP contribution in [0.1, 0.15) is 39.3 Å². The first-order chi connectivity index (χ1) is 12.2. The van der Waals surface area contributed by atoms with E-state index in [9.17, 15) is 14.0 Å². The lowest BCUT2D eigenvalue weighted by Gasteiger charge is -2.65. The van der Waals surface area contributed by atoms with Gasteiger partial charge in [-0.15, -0.1) is 0 Å². The van der Waals surface area contributed by atoms with E-state index < -0.39 is 22.9 Å². The van der Waals surface area contributed by atoms with Gasteiger partial charge in [0.25, 0.3) is 0 Å². The van der Waals surface area contributed by atoms with Gasteiger partial charge in [0.15, 0.2) is 0 Å². The van der Waals surface area contributed by atoms with Crippen molar-refractivity contribution in [1.82, 2.24) is 9.88 Å². The van der Waals surface area contributed by atoms with Crippen molar-refractivity contribution >= 4 is 17.5 Å². The predicted octanol–water partition coefficient (Wildman–Crippen LogP) is 2.09. The predicted molar refractivity (Wildman–Crippen MR) is 90.4 cm³/mol. The molecule has 7 heteroatoms. The summed E-state index contributed by atoms with van der Waals surface area (Å²) in [5.74, 6) is -1.12. The summed E-state index contributed by atoms with van der Waals surface area (Å²) in [5, 5.41) is 0. The Morgan fingerprint density at radius 3 is 2.54 bits per heavy atom. The molecule has 1 aromatic rings. The van der Waals surface area contributed by atoms with Crippen molar-refractivity contribution < 1.29 is 23.5 Å². The van der Waals surface area contributed by atoms with E-state index in [4.69, 9.17) is 9.47 Å². The highest BCUT2D eigenvalue weighted by atomic mass is 19.1. The Hall–Kier alpha value is -2.28. The lowest BCUT2D eigenvalue weighted by Crippen LogP contribution is -2.80. The summed E-state index contributed by atoms with van der Waals surface area (Å²) in [5.41, 5.74) is 0.557. The Morgan fingerprint density at radius 2 is 1.96 bits per heavy atom. The fraction of sp³-hybridized carbons (Fsp3) is 0.526. The zero-order valence-electron chi connectivity index (χ0n) is 15.2. The molecule has 2 saturated heterocycles. The third-order valence-corrected chi connectivity index (χ3v) is 5.37. The number of halogens is 1. The van der Waals surface area contributed by atoms with Crippen LogP contribution in [-0.2, 0) is 19.1 Å². The largest absolute Gasteiger partial charge is 0.466 e. The van der Waals surface area contributed by atoms with Gasteiger partial charge in [-0.1, -0.05) is 0 Å². The Bertz CT molecular complexity index is 827. The van der Waals surface area contributed by atoms with Crippen molar-refractivity contribution in [1.29, 1.82) is 0 Å². The highest BCUT2D eigenvalue weighted by Crippen LogP contribution is 2.63. The van der Waals surface area contributed by atoms with Crippen LogP contribution < -0.4 is 0 Å². The van der Waals surface area contributed by atoms with E-state index in [1.165, 1.54) is 13.2 Å². The molecule has 3 aliphatic rings. The molecule has 0 radical (unpaired) electrons. The van der Waals surface area contributed by atoms with Gasteiger partial charge < -0.3 is 9.47 Å². The SMILES string of the molecule is COC(=O)C1=C(c2ccc(F)cn2)C2CC3(C(=O)OC(C)(C)C)CC1N23. The van der Waals surface area contributed by atoms with Crippen LogP contribution in [0, 0.1) is 5.82 Å². The standard InChI is InChI=1S/C19H21FN2O4/c1-18(2,3)26-17(24)19-7-12-14(11-6-5-10(20)9-21-11)15(16(23)25-4)13(8-19)22(12)19/h5-6,9,12-13H,7-8H2,1-4H3. The Balaban J connectivity index is 1.68. The van der Waals surface area contributed by atoms with Gasteiger partial charge in [-0.05, 0) is 45.7 Å². The van der Waals surface area contributed by atoms with Crippen LogP contribution in [0.3, 0.4) is 0 Å². The summed E-state index contributed by atoms with van der Waals surface area (Å²) >= 11 is 0. The molecule has 4 rings (SSSR count). The Labute approximate surface area is 151 Å². The molecule has 0 N–H and O–H groups in total. The minimum Gasteiger partial charge on any atom is -0.466 e. The van der Waals surface area contributed by atoms with E-state index in [1.54, 1.807) is 6.07 Å². The van der Waals surface area contributed by atoms with E-state index in [0.717, 1.165) is 11.8 Å². The van der Waals surface area contributed by atoms with Crippen molar-refractivity contribution in [3.63, 3.8) is 0 Å². The molecule has 4 heterocycles. The van der Waals surface area contributed by atoms with Crippen LogP contribution in [0.2, 0.25) is 0 Å². The normalized spacial score (nSPS) is 29.6. The number of methoxy groups -OCH3 is 1. The molecule has 0 aliphatic carbocycles. The number of pyridine rings is 1. The molecule has 138 valence electrons. The van der Waals surface area contributed by atoms with Crippen LogP contribution in [0.5, 0.6) is 0 Å². The first-order valence-electron chi connectivity index (χ1n) is 8.64. The minimum absolute atomic E-state index is 0.103. The first-order valence-corrected chi connectivity index (χ1v) is 8.64. The average molecular weight is 360 g/mol. The first kappa shape index (κ1) is 17.1. The van der Waals surface area contributed by atoms with Crippen LogP contribution in [-0.4, -0.2) is 52.2 Å². The Morgan fingerprint density at radius 1 is 1.27 bits per heavy atom. The van der Waals surface area contributed by atoms with Crippen LogP contribution in [0.4, 0.5) is 4.39 Å². The van der Waals surface area contributed by atoms with E-state index >= 15 is 0 Å². The number of aromatic nitrogens is 1. The molecule has 3 unspecified atom stereocenters. The lowest BCUT2D eigenvalue weighted by atomic mass is 9.66. The highest BCUT2D eigenvalue weighted by Gasteiger charge is 2.74. The number of nitrogens with zero attached hydrogens (tertiary/aromatic N) is 2. The summed E-state index contributed by atoms with van der Waals surface area (Å²) in [7, 11) is 1.33. The quantitative estimate of drug-likeness (QED) is 0.769. The maximum absolute atomic E-state index is 13.3. The van der Waals surface area contributed by atoms with Gasteiger partial charge in [-0.2, -0.15) is 0 Å². The van der Waals surface area contributed by atoms with E-state index in [-0.39, 0.29) is 18.1 Å². The fourth-order valence-corrected chi connectivity index (χ4v) is 4.41. The van der Waals surface area contributed by atoms with Crippen LogP contribution in [0.15, 0.2) is 23.9 Å². The van der Waals surface area contributed by atoms with Crippen molar-refractivity contribution in [2.45, 2.75) is 56.8 Å². The van der Waals surface area contributed by atoms with Gasteiger partial charge in [0.1, 0.15) is 17.0 Å². The molecule has 0 amide bonds. The van der Waals surface area contributed by atoms with Crippen molar-refractivity contribution in [2.24, 2.45) is 0 Å². The molecule has 0 saturated carbocycles. The van der Waals surface area contributed by atoms with Crippen LogP contribution in [0.25, 0.3) is 5.57 Å². The zero-order chi connectivity index (χ0) is 18.9. The number of esters is 2. The van der Waals surface area contributed by atoms with Gasteiger partial charge in [0, 0.05) is 17.7 Å². The average Bonchev–Trinajstić information content (AvgIpc) is 2.66. The van der Waals surface area contributed by atoms with Gasteiger partial charge in [-0.25, -0.2) is 9.18 Å². The third kappa shape index (κ3) is 2.23. The molecule has 0 bridgehead atoms. The van der Waals surface area contributed by atoms with Crippen molar-refractivity contribution in [3.05, 3.63) is 35.4 Å². The number of piperidine rings is 1. The van der Waals surface area contributed by atoms with Crippen LogP contribution >= 0.6 is 0 Å². The highest BCUT2D eigenvalue weighted by molar-refractivity contribution is 6.04. The maximum Gasteiger partial charge on any atom is 0.335 e. The number of hydrogen-bond donors (Lipinski definition) is 0. The summed E-state index contributed by atoms with van der Waals surface area (Å²) in [4.78, 5) is 31.3. The second kappa shape index (κ2) is 5.36. The monoisotopic (exact) mass is 360 g/mol. The smallest absolute Gasteiger partial charge is 0.335 e. The molecule has 1 aromatic heterocycles. The van der Waals surface area contributed by atoms with Gasteiger partial charge in [0.05, 0.1) is 24.6 Å². The van der Waals surface area contributed by atoms with Crippen molar-refractivity contribution in [2.75, 3.05) is 7.11 Å². The summed E-state index contributed by atoms with van der Waals surface area (Å²) in [6, 6.07) is 2.59. The lowest BCUT2D eigenvalue weighted by molar-refractivity contribution is -0.212. The molecule has 0 aromatic carbocycles. The molecular formula is C19H21FN2O4. The Kier molecular flexibility index (Phi) is 3.54. The fourth-order valence-electron chi connectivity index (χ4n) is 4.41. The molecule has 26 heavy (non-hydrogen) atoms. The molecule has 3 aliphatic heterocycles. The van der Waals surface area contributed by atoms with Gasteiger partial charge >= 0.3 is 11.9 Å². The second-order valence-electron chi connectivity index (χ2n) is 8.06. The maximum atomic E-state index is 13.3. The molecule has 0 spiro atoms. The summed E-state index contributed by atoms with van der Waals surface area (Å²) < 4.78 is 23.8. The minimum atomic E-state index is -0.677.